The first-order chi connectivity index (χ1) is 7.57. The molecule has 0 radical (unpaired) electrons. The summed E-state index contributed by atoms with van der Waals surface area (Å²) in [5.74, 6) is 0.817. The summed E-state index contributed by atoms with van der Waals surface area (Å²) in [6.45, 7) is 0.700. The molecule has 1 rings (SSSR count). The number of carbonyl (C=O) groups is 1. The fourth-order valence-electron chi connectivity index (χ4n) is 1.26. The number of nitrogen functional groups attached to an aromatic ring is 1. The Kier molecular flexibility index (Phi) is 4.96. The molecule has 0 atom stereocenters. The SMILES string of the molecule is CSCCN(C)C(=O)c1cccc(Cl)c1N. The van der Waals surface area contributed by atoms with Gasteiger partial charge in [-0.1, -0.05) is 17.7 Å². The molecule has 0 aromatic heterocycles. The highest BCUT2D eigenvalue weighted by molar-refractivity contribution is 7.98. The third-order valence-electron chi connectivity index (χ3n) is 2.26. The maximum atomic E-state index is 12.0. The summed E-state index contributed by atoms with van der Waals surface area (Å²) in [7, 11) is 1.76. The Morgan fingerprint density at radius 2 is 2.25 bits per heavy atom. The minimum absolute atomic E-state index is 0.0888. The molecule has 0 spiro atoms. The summed E-state index contributed by atoms with van der Waals surface area (Å²) < 4.78 is 0. The van der Waals surface area contributed by atoms with E-state index in [2.05, 4.69) is 0 Å². The molecule has 1 aromatic carbocycles. The van der Waals surface area contributed by atoms with E-state index in [4.69, 9.17) is 17.3 Å². The van der Waals surface area contributed by atoms with Crippen molar-refractivity contribution in [1.29, 1.82) is 0 Å². The van der Waals surface area contributed by atoms with Gasteiger partial charge >= 0.3 is 0 Å². The van der Waals surface area contributed by atoms with E-state index in [-0.39, 0.29) is 5.91 Å². The van der Waals surface area contributed by atoms with Crippen LogP contribution >= 0.6 is 23.4 Å². The second kappa shape index (κ2) is 6.01. The summed E-state index contributed by atoms with van der Waals surface area (Å²) >= 11 is 7.57. The quantitative estimate of drug-likeness (QED) is 0.844. The molecule has 0 unspecified atom stereocenters. The monoisotopic (exact) mass is 258 g/mol. The summed E-state index contributed by atoms with van der Waals surface area (Å²) in [6.07, 6.45) is 2.01. The van der Waals surface area contributed by atoms with Crippen LogP contribution in [0.25, 0.3) is 0 Å². The molecule has 0 fully saturated rings. The van der Waals surface area contributed by atoms with Crippen molar-refractivity contribution in [2.24, 2.45) is 0 Å². The largest absolute Gasteiger partial charge is 0.397 e. The number of hydrogen-bond acceptors (Lipinski definition) is 3. The van der Waals surface area contributed by atoms with Crippen LogP contribution in [0.2, 0.25) is 5.02 Å². The number of benzene rings is 1. The van der Waals surface area contributed by atoms with Crippen LogP contribution in [0.5, 0.6) is 0 Å². The Hall–Kier alpha value is -0.870. The molecule has 88 valence electrons. The predicted molar refractivity (Wildman–Crippen MR) is 71.2 cm³/mol. The fourth-order valence-corrected chi connectivity index (χ4v) is 1.89. The summed E-state index contributed by atoms with van der Waals surface area (Å²) in [5, 5.41) is 0.420. The highest BCUT2D eigenvalue weighted by atomic mass is 35.5. The van der Waals surface area contributed by atoms with Crippen LogP contribution in [0.3, 0.4) is 0 Å². The Bertz CT molecular complexity index is 384. The van der Waals surface area contributed by atoms with E-state index in [1.54, 1.807) is 41.9 Å². The Morgan fingerprint density at radius 3 is 2.88 bits per heavy atom. The Balaban J connectivity index is 2.84. The zero-order valence-corrected chi connectivity index (χ0v) is 10.9. The lowest BCUT2D eigenvalue weighted by atomic mass is 10.1. The van der Waals surface area contributed by atoms with Gasteiger partial charge in [-0.25, -0.2) is 0 Å². The van der Waals surface area contributed by atoms with Crippen LogP contribution in [0.1, 0.15) is 10.4 Å². The predicted octanol–water partition coefficient (Wildman–Crippen LogP) is 2.36. The van der Waals surface area contributed by atoms with Crippen molar-refractivity contribution < 1.29 is 4.79 Å². The van der Waals surface area contributed by atoms with E-state index in [9.17, 15) is 4.79 Å². The molecule has 1 amide bonds. The first kappa shape index (κ1) is 13.2. The topological polar surface area (TPSA) is 46.3 Å². The van der Waals surface area contributed by atoms with Crippen molar-refractivity contribution in [3.05, 3.63) is 28.8 Å². The lowest BCUT2D eigenvalue weighted by Gasteiger charge is -2.17. The number of para-hydroxylation sites is 1. The highest BCUT2D eigenvalue weighted by Crippen LogP contribution is 2.23. The number of amides is 1. The number of nitrogens with two attached hydrogens (primary N) is 1. The molecule has 0 saturated heterocycles. The van der Waals surface area contributed by atoms with Crippen molar-refractivity contribution >= 4 is 35.0 Å². The zero-order valence-electron chi connectivity index (χ0n) is 9.37. The lowest BCUT2D eigenvalue weighted by molar-refractivity contribution is 0.0805. The third kappa shape index (κ3) is 3.06. The minimum atomic E-state index is -0.0888. The van der Waals surface area contributed by atoms with Gasteiger partial charge in [-0.15, -0.1) is 0 Å². The second-order valence-corrected chi connectivity index (χ2v) is 4.81. The summed E-state index contributed by atoms with van der Waals surface area (Å²) in [6, 6.07) is 5.10. The van der Waals surface area contributed by atoms with Gasteiger partial charge in [0, 0.05) is 19.3 Å². The number of anilines is 1. The van der Waals surface area contributed by atoms with Crippen molar-refractivity contribution in [3.8, 4) is 0 Å². The molecule has 0 aliphatic carbocycles. The molecule has 0 aliphatic heterocycles. The highest BCUT2D eigenvalue weighted by Gasteiger charge is 2.15. The molecule has 3 nitrogen and oxygen atoms in total. The molecular weight excluding hydrogens is 244 g/mol. The van der Waals surface area contributed by atoms with Gasteiger partial charge in [0.15, 0.2) is 0 Å². The number of halogens is 1. The first-order valence-corrected chi connectivity index (χ1v) is 6.63. The molecule has 0 saturated carbocycles. The average Bonchev–Trinajstić information content (AvgIpc) is 2.28. The van der Waals surface area contributed by atoms with Crippen molar-refractivity contribution in [1.82, 2.24) is 4.90 Å². The van der Waals surface area contributed by atoms with Crippen LogP contribution in [0, 0.1) is 0 Å². The van der Waals surface area contributed by atoms with Gasteiger partial charge < -0.3 is 10.6 Å². The first-order valence-electron chi connectivity index (χ1n) is 4.86. The van der Waals surface area contributed by atoms with Crippen LogP contribution in [-0.2, 0) is 0 Å². The third-order valence-corrected chi connectivity index (χ3v) is 3.18. The van der Waals surface area contributed by atoms with Crippen molar-refractivity contribution in [2.45, 2.75) is 0 Å². The number of nitrogens with zero attached hydrogens (tertiary/aromatic N) is 1. The van der Waals surface area contributed by atoms with E-state index < -0.39 is 0 Å². The summed E-state index contributed by atoms with van der Waals surface area (Å²) in [5.41, 5.74) is 6.59. The number of carbonyl (C=O) groups excluding carboxylic acids is 1. The van der Waals surface area contributed by atoms with Gasteiger partial charge in [0.1, 0.15) is 0 Å². The standard InChI is InChI=1S/C11H15ClN2OS/c1-14(6-7-16-2)11(15)8-4-3-5-9(12)10(8)13/h3-5H,6-7,13H2,1-2H3. The molecular formula is C11H15ClN2OS. The summed E-state index contributed by atoms with van der Waals surface area (Å²) in [4.78, 5) is 13.7. The molecule has 16 heavy (non-hydrogen) atoms. The second-order valence-electron chi connectivity index (χ2n) is 3.42. The number of rotatable bonds is 4. The average molecular weight is 259 g/mol. The maximum Gasteiger partial charge on any atom is 0.255 e. The lowest BCUT2D eigenvalue weighted by Crippen LogP contribution is -2.29. The van der Waals surface area contributed by atoms with E-state index in [1.165, 1.54) is 0 Å². The normalized spacial score (nSPS) is 10.2. The van der Waals surface area contributed by atoms with Crippen molar-refractivity contribution in [2.75, 3.05) is 31.3 Å². The molecule has 0 bridgehead atoms. The smallest absolute Gasteiger partial charge is 0.255 e. The Morgan fingerprint density at radius 1 is 1.56 bits per heavy atom. The number of thioether (sulfide) groups is 1. The van der Waals surface area contributed by atoms with Crippen LogP contribution < -0.4 is 5.73 Å². The number of hydrogen-bond donors (Lipinski definition) is 1. The van der Waals surface area contributed by atoms with Gasteiger partial charge in [0.25, 0.3) is 5.91 Å². The molecule has 0 aliphatic rings. The van der Waals surface area contributed by atoms with E-state index in [0.717, 1.165) is 5.75 Å². The van der Waals surface area contributed by atoms with Crippen LogP contribution in [0.4, 0.5) is 5.69 Å². The van der Waals surface area contributed by atoms with Gasteiger partial charge in [0.05, 0.1) is 16.3 Å². The van der Waals surface area contributed by atoms with Gasteiger partial charge in [-0.2, -0.15) is 11.8 Å². The molecule has 1 aromatic rings. The van der Waals surface area contributed by atoms with E-state index in [0.29, 0.717) is 22.8 Å². The van der Waals surface area contributed by atoms with Gasteiger partial charge in [-0.3, -0.25) is 4.79 Å². The van der Waals surface area contributed by atoms with E-state index in [1.807, 2.05) is 6.26 Å². The van der Waals surface area contributed by atoms with Crippen LogP contribution in [-0.4, -0.2) is 36.4 Å². The molecule has 0 heterocycles. The van der Waals surface area contributed by atoms with Gasteiger partial charge in [0.2, 0.25) is 0 Å². The molecule has 2 N–H and O–H groups in total. The Labute approximate surface area is 105 Å². The minimum Gasteiger partial charge on any atom is -0.397 e. The van der Waals surface area contributed by atoms with Gasteiger partial charge in [-0.05, 0) is 18.4 Å². The zero-order chi connectivity index (χ0) is 12.1. The van der Waals surface area contributed by atoms with Crippen molar-refractivity contribution in [3.63, 3.8) is 0 Å². The fraction of sp³-hybridized carbons (Fsp3) is 0.364. The van der Waals surface area contributed by atoms with E-state index >= 15 is 0 Å². The maximum absolute atomic E-state index is 12.0. The van der Waals surface area contributed by atoms with Crippen LogP contribution in [0.15, 0.2) is 18.2 Å². The molecule has 5 heteroatoms.